The van der Waals surface area contributed by atoms with E-state index in [0.717, 1.165) is 6.07 Å². The molecule has 21 heavy (non-hydrogen) atoms. The van der Waals surface area contributed by atoms with E-state index in [1.807, 2.05) is 0 Å². The van der Waals surface area contributed by atoms with Crippen molar-refractivity contribution in [3.05, 3.63) is 57.3 Å². The molecule has 2 aromatic rings. The van der Waals surface area contributed by atoms with Gasteiger partial charge in [-0.3, -0.25) is 10.1 Å². The van der Waals surface area contributed by atoms with Gasteiger partial charge in [-0.2, -0.15) is 0 Å². The van der Waals surface area contributed by atoms with E-state index in [-0.39, 0.29) is 35.1 Å². The molecule has 0 fully saturated rings. The number of nitrogens with zero attached hydrogens (tertiary/aromatic N) is 1. The lowest BCUT2D eigenvalue weighted by molar-refractivity contribution is -0.385. The number of rotatable bonds is 5. The Morgan fingerprint density at radius 2 is 2.19 bits per heavy atom. The van der Waals surface area contributed by atoms with Gasteiger partial charge >= 0.3 is 5.97 Å². The van der Waals surface area contributed by atoms with Gasteiger partial charge in [0.1, 0.15) is 12.4 Å². The number of carboxylic acid groups (broad SMARTS) is 1. The zero-order valence-electron chi connectivity index (χ0n) is 10.8. The molecule has 0 unspecified atom stereocenters. The lowest BCUT2D eigenvalue weighted by Crippen LogP contribution is -1.99. The highest BCUT2D eigenvalue weighted by atomic mass is 19.1. The van der Waals surface area contributed by atoms with Gasteiger partial charge in [0.2, 0.25) is 5.76 Å². The van der Waals surface area contributed by atoms with E-state index in [1.165, 1.54) is 25.1 Å². The Bertz CT molecular complexity index is 709. The van der Waals surface area contributed by atoms with Crippen molar-refractivity contribution >= 4 is 11.7 Å². The van der Waals surface area contributed by atoms with Crippen molar-refractivity contribution in [2.24, 2.45) is 0 Å². The molecule has 0 radical (unpaired) electrons. The summed E-state index contributed by atoms with van der Waals surface area (Å²) in [6, 6.07) is 4.61. The molecule has 0 aliphatic heterocycles. The number of carboxylic acids is 1. The second-order valence-electron chi connectivity index (χ2n) is 4.19. The minimum atomic E-state index is -1.22. The number of aryl methyl sites for hydroxylation is 1. The molecule has 0 atom stereocenters. The fourth-order valence-electron chi connectivity index (χ4n) is 1.67. The number of nitro groups is 1. The average molecular weight is 295 g/mol. The lowest BCUT2D eigenvalue weighted by Gasteiger charge is -2.07. The second-order valence-corrected chi connectivity index (χ2v) is 4.19. The van der Waals surface area contributed by atoms with Crippen molar-refractivity contribution in [1.29, 1.82) is 0 Å². The van der Waals surface area contributed by atoms with E-state index >= 15 is 0 Å². The third-order valence-electron chi connectivity index (χ3n) is 2.69. The van der Waals surface area contributed by atoms with Gasteiger partial charge in [0.15, 0.2) is 11.6 Å². The minimum absolute atomic E-state index is 0.175. The fourth-order valence-corrected chi connectivity index (χ4v) is 1.67. The van der Waals surface area contributed by atoms with Gasteiger partial charge in [0.25, 0.3) is 5.69 Å². The van der Waals surface area contributed by atoms with Crippen LogP contribution in [-0.2, 0) is 6.61 Å². The van der Waals surface area contributed by atoms with Gasteiger partial charge in [-0.25, -0.2) is 9.18 Å². The number of aromatic carboxylic acids is 1. The second kappa shape index (κ2) is 5.61. The monoisotopic (exact) mass is 295 g/mol. The van der Waals surface area contributed by atoms with Gasteiger partial charge in [-0.15, -0.1) is 0 Å². The van der Waals surface area contributed by atoms with E-state index in [1.54, 1.807) is 0 Å². The first-order valence-corrected chi connectivity index (χ1v) is 5.78. The van der Waals surface area contributed by atoms with E-state index < -0.39 is 16.7 Å². The summed E-state index contributed by atoms with van der Waals surface area (Å²) < 4.78 is 23.8. The maximum atomic E-state index is 13.7. The lowest BCUT2D eigenvalue weighted by atomic mass is 10.2. The molecule has 1 aromatic heterocycles. The fraction of sp³-hybridized carbons (Fsp3) is 0.154. The normalized spacial score (nSPS) is 10.4. The smallest absolute Gasteiger partial charge is 0.371 e. The molecule has 0 spiro atoms. The number of hydrogen-bond acceptors (Lipinski definition) is 5. The molecule has 1 N–H and O–H groups in total. The molecule has 1 aromatic carbocycles. The maximum Gasteiger partial charge on any atom is 0.371 e. The molecular formula is C13H10FNO6. The summed E-state index contributed by atoms with van der Waals surface area (Å²) >= 11 is 0. The summed E-state index contributed by atoms with van der Waals surface area (Å²) in [5, 5.41) is 19.3. The number of carbonyl (C=O) groups is 1. The molecule has 0 saturated heterocycles. The van der Waals surface area contributed by atoms with Crippen LogP contribution in [-0.4, -0.2) is 16.0 Å². The first kappa shape index (κ1) is 14.5. The third kappa shape index (κ3) is 3.16. The molecule has 0 aliphatic carbocycles. The predicted molar refractivity (Wildman–Crippen MR) is 67.8 cm³/mol. The Labute approximate surface area is 117 Å². The van der Waals surface area contributed by atoms with Gasteiger partial charge in [0.05, 0.1) is 11.0 Å². The largest absolute Gasteiger partial charge is 0.483 e. The number of benzene rings is 1. The number of nitro benzene ring substituents is 1. The Morgan fingerprint density at radius 3 is 2.76 bits per heavy atom. The summed E-state index contributed by atoms with van der Waals surface area (Å²) in [6.07, 6.45) is 0. The number of hydrogen-bond donors (Lipinski definition) is 1. The SMILES string of the molecule is Cc1cc(OCc2ccc(C(=O)O)o2)c(F)cc1[N+](=O)[O-]. The molecule has 8 heteroatoms. The molecule has 0 bridgehead atoms. The quantitative estimate of drug-likeness (QED) is 0.672. The highest BCUT2D eigenvalue weighted by molar-refractivity contribution is 5.84. The van der Waals surface area contributed by atoms with E-state index in [9.17, 15) is 19.3 Å². The van der Waals surface area contributed by atoms with Gasteiger partial charge in [-0.1, -0.05) is 0 Å². The standard InChI is InChI=1S/C13H10FNO6/c1-7-4-12(9(14)5-10(7)15(18)19)20-6-8-2-3-11(21-8)13(16)17/h2-5H,6H2,1H3,(H,16,17). The first-order chi connectivity index (χ1) is 9.88. The zero-order chi connectivity index (χ0) is 15.6. The molecule has 1 heterocycles. The van der Waals surface area contributed by atoms with Gasteiger partial charge in [0, 0.05) is 5.56 Å². The van der Waals surface area contributed by atoms with Crippen molar-refractivity contribution in [3.8, 4) is 5.75 Å². The number of furan rings is 1. The van der Waals surface area contributed by atoms with Crippen LogP contribution in [0.5, 0.6) is 5.75 Å². The Kier molecular flexibility index (Phi) is 3.88. The van der Waals surface area contributed by atoms with Crippen molar-refractivity contribution in [3.63, 3.8) is 0 Å². The third-order valence-corrected chi connectivity index (χ3v) is 2.69. The van der Waals surface area contributed by atoms with E-state index in [4.69, 9.17) is 14.3 Å². The number of halogens is 1. The Hall–Kier alpha value is -2.90. The van der Waals surface area contributed by atoms with Gasteiger partial charge < -0.3 is 14.3 Å². The molecule has 0 saturated carbocycles. The van der Waals surface area contributed by atoms with Crippen molar-refractivity contribution in [2.45, 2.75) is 13.5 Å². The van der Waals surface area contributed by atoms with Crippen LogP contribution in [0.4, 0.5) is 10.1 Å². The Balaban J connectivity index is 2.14. The van der Waals surface area contributed by atoms with Crippen LogP contribution in [0.25, 0.3) is 0 Å². The minimum Gasteiger partial charge on any atom is -0.483 e. The average Bonchev–Trinajstić information content (AvgIpc) is 2.88. The maximum absolute atomic E-state index is 13.7. The van der Waals surface area contributed by atoms with Crippen molar-refractivity contribution < 1.29 is 28.4 Å². The van der Waals surface area contributed by atoms with Crippen LogP contribution in [0.1, 0.15) is 21.9 Å². The molecular weight excluding hydrogens is 285 g/mol. The molecule has 0 amide bonds. The van der Waals surface area contributed by atoms with Crippen LogP contribution >= 0.6 is 0 Å². The molecule has 0 aliphatic rings. The predicted octanol–water partition coefficient (Wildman–Crippen LogP) is 2.91. The van der Waals surface area contributed by atoms with Crippen LogP contribution in [0.2, 0.25) is 0 Å². The highest BCUT2D eigenvalue weighted by Gasteiger charge is 2.17. The van der Waals surface area contributed by atoms with Gasteiger partial charge in [-0.05, 0) is 25.1 Å². The Morgan fingerprint density at radius 1 is 1.48 bits per heavy atom. The highest BCUT2D eigenvalue weighted by Crippen LogP contribution is 2.27. The summed E-state index contributed by atoms with van der Waals surface area (Å²) in [4.78, 5) is 20.6. The van der Waals surface area contributed by atoms with E-state index in [0.29, 0.717) is 0 Å². The first-order valence-electron chi connectivity index (χ1n) is 5.78. The van der Waals surface area contributed by atoms with Crippen molar-refractivity contribution in [1.82, 2.24) is 0 Å². The molecule has 110 valence electrons. The van der Waals surface area contributed by atoms with Crippen LogP contribution in [0.3, 0.4) is 0 Å². The molecule has 2 rings (SSSR count). The topological polar surface area (TPSA) is 103 Å². The summed E-state index contributed by atoms with van der Waals surface area (Å²) in [5.74, 6) is -2.33. The zero-order valence-corrected chi connectivity index (χ0v) is 10.8. The summed E-state index contributed by atoms with van der Waals surface area (Å²) in [5.41, 5.74) is -0.0897. The van der Waals surface area contributed by atoms with E-state index in [2.05, 4.69) is 0 Å². The summed E-state index contributed by atoms with van der Waals surface area (Å²) in [6.45, 7) is 1.27. The van der Waals surface area contributed by atoms with Crippen LogP contribution < -0.4 is 4.74 Å². The molecule has 7 nitrogen and oxygen atoms in total. The van der Waals surface area contributed by atoms with Crippen molar-refractivity contribution in [2.75, 3.05) is 0 Å². The number of ether oxygens (including phenoxy) is 1. The summed E-state index contributed by atoms with van der Waals surface area (Å²) in [7, 11) is 0. The van der Waals surface area contributed by atoms with Crippen LogP contribution in [0, 0.1) is 22.9 Å². The van der Waals surface area contributed by atoms with Crippen LogP contribution in [0.15, 0.2) is 28.7 Å².